The van der Waals surface area contributed by atoms with Gasteiger partial charge in [0.15, 0.2) is 0 Å². The van der Waals surface area contributed by atoms with E-state index in [0.29, 0.717) is 0 Å². The van der Waals surface area contributed by atoms with Gasteiger partial charge in [-0.3, -0.25) is 0 Å². The quantitative estimate of drug-likeness (QED) is 0.180. The molecular formula is C47H47N3S2. The summed E-state index contributed by atoms with van der Waals surface area (Å²) in [5, 5.41) is 4.13. The molecule has 8 rings (SSSR count). The lowest BCUT2D eigenvalue weighted by molar-refractivity contribution is 0.880. The maximum absolute atomic E-state index is 5.63. The van der Waals surface area contributed by atoms with E-state index in [4.69, 9.17) is 5.73 Å². The smallest absolute Gasteiger partial charge is 0.0645 e. The van der Waals surface area contributed by atoms with Gasteiger partial charge >= 0.3 is 0 Å². The van der Waals surface area contributed by atoms with E-state index >= 15 is 0 Å². The Kier molecular flexibility index (Phi) is 13.9. The molecule has 3 aromatic heterocycles. The summed E-state index contributed by atoms with van der Waals surface area (Å²) in [5.74, 6) is 0. The number of thiophene rings is 2. The summed E-state index contributed by atoms with van der Waals surface area (Å²) in [7, 11) is 0. The first kappa shape index (κ1) is 37.8. The molecular weight excluding hydrogens is 671 g/mol. The van der Waals surface area contributed by atoms with Crippen LogP contribution in [0, 0.1) is 27.7 Å². The summed E-state index contributed by atoms with van der Waals surface area (Å²) < 4.78 is 1.85. The first-order chi connectivity index (χ1) is 25.3. The van der Waals surface area contributed by atoms with Crippen molar-refractivity contribution in [2.75, 3.05) is 5.73 Å². The molecule has 0 aliphatic carbocycles. The average Bonchev–Trinajstić information content (AvgIpc) is 3.98. The van der Waals surface area contributed by atoms with E-state index in [0.717, 1.165) is 17.8 Å². The fourth-order valence-electron chi connectivity index (χ4n) is 5.23. The minimum Gasteiger partial charge on any atom is -0.399 e. The normalized spacial score (nSPS) is 10.2. The molecule has 8 aromatic rings. The molecule has 0 saturated heterocycles. The molecule has 3 heterocycles. The van der Waals surface area contributed by atoms with Gasteiger partial charge < -0.3 is 5.73 Å². The lowest BCUT2D eigenvalue weighted by Gasteiger charge is -2.02. The summed E-state index contributed by atoms with van der Waals surface area (Å²) in [6.07, 6.45) is 4.83. The zero-order valence-electron chi connectivity index (χ0n) is 30.7. The third-order valence-electron chi connectivity index (χ3n) is 8.28. The van der Waals surface area contributed by atoms with Crippen LogP contribution < -0.4 is 5.73 Å². The fourth-order valence-corrected chi connectivity index (χ4v) is 6.97. The van der Waals surface area contributed by atoms with Crippen molar-refractivity contribution in [1.29, 1.82) is 0 Å². The largest absolute Gasteiger partial charge is 0.399 e. The highest BCUT2D eigenvalue weighted by Crippen LogP contribution is 2.28. The van der Waals surface area contributed by atoms with Gasteiger partial charge in [0.25, 0.3) is 0 Å². The standard InChI is InChI=1S/C13H13N.C13H14S.C11H10S.C10H10N2/c1-10-2-4-11(5-3-10)12-6-8-13(14)9-7-12;1-3-11-5-7-12(8-6-11)13-9-4-10(2)14-13;1-9-7-8-11(12-9)10-5-3-2-4-6-10;1-9-3-5-10(6-4-9)12-8-2-7-11-12/h2-9H,14H2,1H3;4-9H,3H2,1-2H3;2*2-8H,1H3. The van der Waals surface area contributed by atoms with Crippen LogP contribution in [0.5, 0.6) is 0 Å². The molecule has 52 heavy (non-hydrogen) atoms. The number of rotatable bonds is 5. The molecule has 0 bridgehead atoms. The summed E-state index contributed by atoms with van der Waals surface area (Å²) in [4.78, 5) is 5.46. The lowest BCUT2D eigenvalue weighted by Crippen LogP contribution is -1.92. The van der Waals surface area contributed by atoms with Crippen molar-refractivity contribution >= 4 is 28.4 Å². The van der Waals surface area contributed by atoms with E-state index in [9.17, 15) is 0 Å². The van der Waals surface area contributed by atoms with Crippen LogP contribution in [0.25, 0.3) is 37.7 Å². The van der Waals surface area contributed by atoms with Crippen LogP contribution in [0.15, 0.2) is 170 Å². The molecule has 5 heteroatoms. The number of benzene rings is 5. The van der Waals surface area contributed by atoms with Gasteiger partial charge in [0.1, 0.15) is 0 Å². The zero-order chi connectivity index (χ0) is 36.7. The third-order valence-corrected chi connectivity index (χ3v) is 10.4. The van der Waals surface area contributed by atoms with Crippen molar-refractivity contribution in [3.63, 3.8) is 0 Å². The molecule has 0 spiro atoms. The van der Waals surface area contributed by atoms with Crippen LogP contribution in [0.1, 0.15) is 33.4 Å². The molecule has 0 unspecified atom stereocenters. The van der Waals surface area contributed by atoms with Crippen molar-refractivity contribution in [2.24, 2.45) is 0 Å². The van der Waals surface area contributed by atoms with Gasteiger partial charge in [-0.1, -0.05) is 121 Å². The summed E-state index contributed by atoms with van der Waals surface area (Å²) in [6.45, 7) is 10.6. The minimum atomic E-state index is 0.806. The third kappa shape index (κ3) is 11.5. The molecule has 0 aliphatic heterocycles. The van der Waals surface area contributed by atoms with E-state index in [2.05, 4.69) is 161 Å². The van der Waals surface area contributed by atoms with Crippen molar-refractivity contribution in [2.45, 2.75) is 41.0 Å². The van der Waals surface area contributed by atoms with Crippen LogP contribution in [-0.4, -0.2) is 9.78 Å². The highest BCUT2D eigenvalue weighted by Gasteiger charge is 2.00. The van der Waals surface area contributed by atoms with Gasteiger partial charge in [-0.25, -0.2) is 4.68 Å². The number of nitrogens with two attached hydrogens (primary N) is 1. The predicted octanol–water partition coefficient (Wildman–Crippen LogP) is 13.4. The van der Waals surface area contributed by atoms with Crippen molar-refractivity contribution in [3.05, 3.63) is 197 Å². The molecule has 5 aromatic carbocycles. The molecule has 0 atom stereocenters. The maximum atomic E-state index is 5.63. The van der Waals surface area contributed by atoms with Gasteiger partial charge in [0.05, 0.1) is 5.69 Å². The second kappa shape index (κ2) is 19.2. The second-order valence-electron chi connectivity index (χ2n) is 12.5. The molecule has 0 fully saturated rings. The topological polar surface area (TPSA) is 43.8 Å². The predicted molar refractivity (Wildman–Crippen MR) is 228 cm³/mol. The highest BCUT2D eigenvalue weighted by atomic mass is 32.1. The van der Waals surface area contributed by atoms with Gasteiger partial charge in [-0.15, -0.1) is 22.7 Å². The number of aromatic nitrogens is 2. The number of nitrogen functional groups attached to an aromatic ring is 1. The molecule has 0 radical (unpaired) electrons. The Labute approximate surface area is 317 Å². The number of nitrogens with zero attached hydrogens (tertiary/aromatic N) is 2. The lowest BCUT2D eigenvalue weighted by atomic mass is 10.0. The summed E-state index contributed by atoms with van der Waals surface area (Å²) >= 11 is 3.70. The SMILES string of the molecule is CCc1ccc(-c2ccc(C)s2)cc1.Cc1ccc(-c2ccc(N)cc2)cc1.Cc1ccc(-c2ccccc2)s1.Cc1ccc(-n2cccn2)cc1. The highest BCUT2D eigenvalue weighted by molar-refractivity contribution is 7.15. The Morgan fingerprint density at radius 1 is 0.500 bits per heavy atom. The Bertz CT molecular complexity index is 2130. The zero-order valence-corrected chi connectivity index (χ0v) is 32.3. The first-order valence-electron chi connectivity index (χ1n) is 17.5. The maximum Gasteiger partial charge on any atom is 0.0645 e. The van der Waals surface area contributed by atoms with Crippen LogP contribution in [-0.2, 0) is 6.42 Å². The Balaban J connectivity index is 0.000000134. The van der Waals surface area contributed by atoms with E-state index in [1.54, 1.807) is 6.20 Å². The van der Waals surface area contributed by atoms with E-state index in [1.165, 1.54) is 58.5 Å². The molecule has 0 amide bonds. The Morgan fingerprint density at radius 2 is 0.981 bits per heavy atom. The number of hydrogen-bond donors (Lipinski definition) is 1. The van der Waals surface area contributed by atoms with Crippen LogP contribution >= 0.6 is 22.7 Å². The van der Waals surface area contributed by atoms with Crippen LogP contribution in [0.2, 0.25) is 0 Å². The summed E-state index contributed by atoms with van der Waals surface area (Å²) in [5.41, 5.74) is 16.6. The van der Waals surface area contributed by atoms with Gasteiger partial charge in [-0.05, 0) is 117 Å². The van der Waals surface area contributed by atoms with E-state index in [1.807, 2.05) is 70.0 Å². The van der Waals surface area contributed by atoms with Gasteiger partial charge in [0.2, 0.25) is 0 Å². The molecule has 2 N–H and O–H groups in total. The van der Waals surface area contributed by atoms with Crippen LogP contribution in [0.3, 0.4) is 0 Å². The van der Waals surface area contributed by atoms with Crippen molar-refractivity contribution in [1.82, 2.24) is 9.78 Å². The monoisotopic (exact) mass is 717 g/mol. The van der Waals surface area contributed by atoms with Crippen LogP contribution in [0.4, 0.5) is 5.69 Å². The number of hydrogen-bond acceptors (Lipinski definition) is 4. The van der Waals surface area contributed by atoms with Gasteiger partial charge in [0, 0.05) is 37.6 Å². The summed E-state index contributed by atoms with van der Waals surface area (Å²) in [6, 6.07) is 54.7. The first-order valence-corrected chi connectivity index (χ1v) is 19.2. The second-order valence-corrected chi connectivity index (χ2v) is 15.1. The number of anilines is 1. The molecule has 0 aliphatic rings. The van der Waals surface area contributed by atoms with Crippen molar-refractivity contribution in [3.8, 4) is 37.7 Å². The van der Waals surface area contributed by atoms with Crippen molar-refractivity contribution < 1.29 is 0 Å². The molecule has 0 saturated carbocycles. The molecule has 3 nitrogen and oxygen atoms in total. The fraction of sp³-hybridized carbons (Fsp3) is 0.128. The number of aryl methyl sites for hydroxylation is 5. The average molecular weight is 718 g/mol. The Hall–Kier alpha value is -5.49. The van der Waals surface area contributed by atoms with E-state index < -0.39 is 0 Å². The Morgan fingerprint density at radius 3 is 1.44 bits per heavy atom. The van der Waals surface area contributed by atoms with Gasteiger partial charge in [-0.2, -0.15) is 5.10 Å². The minimum absolute atomic E-state index is 0.806. The molecule has 262 valence electrons. The van der Waals surface area contributed by atoms with E-state index in [-0.39, 0.29) is 0 Å².